The van der Waals surface area contributed by atoms with Crippen molar-refractivity contribution in [1.29, 1.82) is 0 Å². The molecule has 2 N–H and O–H groups in total. The van der Waals surface area contributed by atoms with Crippen molar-refractivity contribution < 1.29 is 9.90 Å². The van der Waals surface area contributed by atoms with Crippen LogP contribution in [-0.2, 0) is 11.3 Å². The van der Waals surface area contributed by atoms with Gasteiger partial charge in [-0.15, -0.1) is 0 Å². The Kier molecular flexibility index (Phi) is 3.71. The molecule has 3 nitrogen and oxygen atoms in total. The summed E-state index contributed by atoms with van der Waals surface area (Å²) in [5, 5.41) is 12.5. The van der Waals surface area contributed by atoms with E-state index in [1.807, 2.05) is 0 Å². The van der Waals surface area contributed by atoms with Crippen LogP contribution in [0.25, 0.3) is 0 Å². The second-order valence-electron chi connectivity index (χ2n) is 5.46. The van der Waals surface area contributed by atoms with E-state index in [1.165, 1.54) is 16.7 Å². The average Bonchev–Trinajstić information content (AvgIpc) is 2.26. The largest absolute Gasteiger partial charge is 0.481 e. The topological polar surface area (TPSA) is 49.3 Å². The van der Waals surface area contributed by atoms with Crippen molar-refractivity contribution in [2.24, 2.45) is 5.41 Å². The van der Waals surface area contributed by atoms with E-state index in [0.29, 0.717) is 6.54 Å². The number of rotatable bonds is 5. The van der Waals surface area contributed by atoms with E-state index in [9.17, 15) is 9.90 Å². The summed E-state index contributed by atoms with van der Waals surface area (Å²) in [7, 11) is 0. The van der Waals surface area contributed by atoms with E-state index in [4.69, 9.17) is 0 Å². The maximum atomic E-state index is 11.2. The molecule has 3 heteroatoms. The first-order valence-electron chi connectivity index (χ1n) is 6.54. The van der Waals surface area contributed by atoms with E-state index < -0.39 is 11.4 Å². The molecule has 1 aromatic carbocycles. The zero-order valence-electron chi connectivity index (χ0n) is 11.1. The van der Waals surface area contributed by atoms with Gasteiger partial charge >= 0.3 is 5.97 Å². The lowest BCUT2D eigenvalue weighted by atomic mass is 9.69. The molecule has 1 aliphatic rings. The molecule has 1 saturated carbocycles. The minimum absolute atomic E-state index is 0.500. The zero-order valence-corrected chi connectivity index (χ0v) is 11.1. The molecule has 0 spiro atoms. The quantitative estimate of drug-likeness (QED) is 0.841. The van der Waals surface area contributed by atoms with Crippen LogP contribution < -0.4 is 5.32 Å². The minimum atomic E-state index is -0.652. The first-order chi connectivity index (χ1) is 8.53. The Balaban J connectivity index is 1.88. The maximum Gasteiger partial charge on any atom is 0.310 e. The third-order valence-electron chi connectivity index (χ3n) is 4.13. The summed E-state index contributed by atoms with van der Waals surface area (Å²) in [6.07, 6.45) is 2.65. The van der Waals surface area contributed by atoms with Crippen molar-refractivity contribution in [3.05, 3.63) is 34.9 Å². The second-order valence-corrected chi connectivity index (χ2v) is 5.46. The number of nitrogens with one attached hydrogen (secondary N) is 1. The van der Waals surface area contributed by atoms with Crippen LogP contribution in [0.15, 0.2) is 18.2 Å². The van der Waals surface area contributed by atoms with Crippen LogP contribution in [0.4, 0.5) is 0 Å². The standard InChI is InChI=1S/C15H21NO2/c1-11-4-5-13(8-12(11)2)9-16-10-15(14(17)18)6-3-7-15/h4-5,8,16H,3,6-7,9-10H2,1-2H3,(H,17,18). The Hall–Kier alpha value is -1.35. The van der Waals surface area contributed by atoms with Gasteiger partial charge in [-0.05, 0) is 43.4 Å². The molecule has 0 bridgehead atoms. The fourth-order valence-corrected chi connectivity index (χ4v) is 2.43. The molecule has 0 saturated heterocycles. The molecule has 18 heavy (non-hydrogen) atoms. The third kappa shape index (κ3) is 2.56. The Morgan fingerprint density at radius 3 is 2.56 bits per heavy atom. The highest BCUT2D eigenvalue weighted by atomic mass is 16.4. The number of hydrogen-bond acceptors (Lipinski definition) is 2. The highest BCUT2D eigenvalue weighted by molar-refractivity contribution is 5.76. The monoisotopic (exact) mass is 247 g/mol. The molecule has 0 heterocycles. The van der Waals surface area contributed by atoms with Crippen LogP contribution >= 0.6 is 0 Å². The number of carbonyl (C=O) groups is 1. The van der Waals surface area contributed by atoms with Gasteiger partial charge in [0.25, 0.3) is 0 Å². The van der Waals surface area contributed by atoms with Crippen molar-refractivity contribution in [1.82, 2.24) is 5.32 Å². The van der Waals surface area contributed by atoms with Gasteiger partial charge < -0.3 is 10.4 Å². The van der Waals surface area contributed by atoms with Gasteiger partial charge in [0.2, 0.25) is 0 Å². The van der Waals surface area contributed by atoms with Gasteiger partial charge in [0.15, 0.2) is 0 Å². The molecular weight excluding hydrogens is 226 g/mol. The van der Waals surface area contributed by atoms with Crippen molar-refractivity contribution in [3.63, 3.8) is 0 Å². The van der Waals surface area contributed by atoms with Crippen molar-refractivity contribution in [2.45, 2.75) is 39.7 Å². The molecule has 1 aliphatic carbocycles. The number of aryl methyl sites for hydroxylation is 2. The smallest absolute Gasteiger partial charge is 0.310 e. The summed E-state index contributed by atoms with van der Waals surface area (Å²) in [4.78, 5) is 11.2. The zero-order chi connectivity index (χ0) is 13.2. The van der Waals surface area contributed by atoms with Gasteiger partial charge in [-0.1, -0.05) is 24.6 Å². The predicted octanol–water partition coefficient (Wildman–Crippen LogP) is 2.65. The van der Waals surface area contributed by atoms with Crippen molar-refractivity contribution >= 4 is 5.97 Å². The number of hydrogen-bond donors (Lipinski definition) is 2. The first-order valence-corrected chi connectivity index (χ1v) is 6.54. The predicted molar refractivity (Wildman–Crippen MR) is 71.5 cm³/mol. The van der Waals surface area contributed by atoms with E-state index >= 15 is 0 Å². The van der Waals surface area contributed by atoms with E-state index in [0.717, 1.165) is 25.8 Å². The summed E-state index contributed by atoms with van der Waals surface area (Å²) < 4.78 is 0. The number of benzene rings is 1. The van der Waals surface area contributed by atoms with Gasteiger partial charge in [-0.2, -0.15) is 0 Å². The average molecular weight is 247 g/mol. The summed E-state index contributed by atoms with van der Waals surface area (Å²) in [6.45, 7) is 5.52. The van der Waals surface area contributed by atoms with Crippen LogP contribution in [0.1, 0.15) is 36.0 Å². The van der Waals surface area contributed by atoms with Gasteiger partial charge in [0.1, 0.15) is 0 Å². The summed E-state index contributed by atoms with van der Waals surface area (Å²) >= 11 is 0. The van der Waals surface area contributed by atoms with Crippen LogP contribution in [0, 0.1) is 19.3 Å². The molecule has 0 aliphatic heterocycles. The highest BCUT2D eigenvalue weighted by Gasteiger charge is 2.43. The van der Waals surface area contributed by atoms with Crippen molar-refractivity contribution in [2.75, 3.05) is 6.54 Å². The Bertz CT molecular complexity index is 450. The van der Waals surface area contributed by atoms with E-state index in [1.54, 1.807) is 0 Å². The van der Waals surface area contributed by atoms with E-state index in [2.05, 4.69) is 37.4 Å². The summed E-state index contributed by atoms with van der Waals surface area (Å²) in [5.74, 6) is -0.652. The second kappa shape index (κ2) is 5.11. The lowest BCUT2D eigenvalue weighted by molar-refractivity contribution is -0.154. The van der Waals surface area contributed by atoms with E-state index in [-0.39, 0.29) is 0 Å². The molecule has 98 valence electrons. The maximum absolute atomic E-state index is 11.2. The SMILES string of the molecule is Cc1ccc(CNCC2(C(=O)O)CCC2)cc1C. The van der Waals surface area contributed by atoms with Crippen LogP contribution in [0.3, 0.4) is 0 Å². The normalized spacial score (nSPS) is 17.2. The number of carboxylic acids is 1. The molecule has 0 amide bonds. The Morgan fingerprint density at radius 2 is 2.06 bits per heavy atom. The lowest BCUT2D eigenvalue weighted by Crippen LogP contribution is -2.45. The molecule has 1 fully saturated rings. The third-order valence-corrected chi connectivity index (χ3v) is 4.13. The highest BCUT2D eigenvalue weighted by Crippen LogP contribution is 2.40. The Labute approximate surface area is 108 Å². The lowest BCUT2D eigenvalue weighted by Gasteiger charge is -2.37. The van der Waals surface area contributed by atoms with Crippen molar-refractivity contribution in [3.8, 4) is 0 Å². The number of carboxylic acid groups (broad SMARTS) is 1. The summed E-state index contributed by atoms with van der Waals surface area (Å²) in [6, 6.07) is 6.38. The van der Waals surface area contributed by atoms with Gasteiger partial charge in [0.05, 0.1) is 5.41 Å². The fourth-order valence-electron chi connectivity index (χ4n) is 2.43. The van der Waals surface area contributed by atoms with Gasteiger partial charge in [-0.25, -0.2) is 0 Å². The molecule has 1 aromatic rings. The first kappa shape index (κ1) is 13.1. The molecule has 0 aromatic heterocycles. The fraction of sp³-hybridized carbons (Fsp3) is 0.533. The molecule has 0 atom stereocenters. The summed E-state index contributed by atoms with van der Waals surface area (Å²) in [5.41, 5.74) is 3.29. The molecule has 2 rings (SSSR count). The molecule has 0 radical (unpaired) electrons. The van der Waals surface area contributed by atoms with Crippen LogP contribution in [-0.4, -0.2) is 17.6 Å². The van der Waals surface area contributed by atoms with Gasteiger partial charge in [-0.3, -0.25) is 4.79 Å². The van der Waals surface area contributed by atoms with Gasteiger partial charge in [0, 0.05) is 13.1 Å². The number of aliphatic carboxylic acids is 1. The van der Waals surface area contributed by atoms with Crippen LogP contribution in [0.2, 0.25) is 0 Å². The molecule has 0 unspecified atom stereocenters. The Morgan fingerprint density at radius 1 is 1.33 bits per heavy atom. The molecular formula is C15H21NO2. The van der Waals surface area contributed by atoms with Crippen LogP contribution in [0.5, 0.6) is 0 Å². The minimum Gasteiger partial charge on any atom is -0.481 e.